The van der Waals surface area contributed by atoms with E-state index in [4.69, 9.17) is 4.74 Å². The number of halogens is 4. The van der Waals surface area contributed by atoms with Crippen LogP contribution in [0.4, 0.5) is 23.5 Å². The molecule has 1 aliphatic carbocycles. The van der Waals surface area contributed by atoms with Gasteiger partial charge in [0.2, 0.25) is 5.95 Å². The molecule has 192 valence electrons. The van der Waals surface area contributed by atoms with Crippen molar-refractivity contribution in [2.24, 2.45) is 0 Å². The van der Waals surface area contributed by atoms with E-state index in [1.807, 2.05) is 22.7 Å². The molecule has 1 aromatic carbocycles. The molecule has 2 atom stereocenters. The number of hydrogen-bond acceptors (Lipinski definition) is 7. The van der Waals surface area contributed by atoms with E-state index in [0.29, 0.717) is 30.9 Å². The molecule has 4 heterocycles. The topological polar surface area (TPSA) is 81.9 Å². The lowest BCUT2D eigenvalue weighted by atomic mass is 10.1. The van der Waals surface area contributed by atoms with Crippen molar-refractivity contribution in [3.05, 3.63) is 59.4 Å². The van der Waals surface area contributed by atoms with Crippen molar-refractivity contribution in [1.82, 2.24) is 29.7 Å². The van der Waals surface area contributed by atoms with Crippen LogP contribution in [0.2, 0.25) is 0 Å². The molecule has 6 rings (SSSR count). The van der Waals surface area contributed by atoms with Gasteiger partial charge in [-0.3, -0.25) is 4.68 Å². The van der Waals surface area contributed by atoms with Crippen LogP contribution in [0.3, 0.4) is 0 Å². The fourth-order valence-electron chi connectivity index (χ4n) is 4.55. The smallest absolute Gasteiger partial charge is 0.367 e. The van der Waals surface area contributed by atoms with Crippen molar-refractivity contribution in [2.45, 2.75) is 51.1 Å². The molecule has 0 N–H and O–H groups in total. The van der Waals surface area contributed by atoms with Crippen molar-refractivity contribution in [3.63, 3.8) is 0 Å². The van der Waals surface area contributed by atoms with Crippen LogP contribution in [0.5, 0.6) is 0 Å². The van der Waals surface area contributed by atoms with Gasteiger partial charge in [0.25, 0.3) is 0 Å². The third-order valence-corrected chi connectivity index (χ3v) is 6.53. The van der Waals surface area contributed by atoms with E-state index < -0.39 is 17.6 Å². The van der Waals surface area contributed by atoms with E-state index in [9.17, 15) is 13.2 Å². The Hall–Kier alpha value is -3.67. The first kappa shape index (κ1) is 23.7. The monoisotopic (exact) mass is 513 g/mol. The van der Waals surface area contributed by atoms with Crippen LogP contribution in [0.1, 0.15) is 48.7 Å². The minimum atomic E-state index is -4.67. The van der Waals surface area contributed by atoms with Gasteiger partial charge in [-0.2, -0.15) is 23.3 Å². The quantitative estimate of drug-likeness (QED) is 0.353. The summed E-state index contributed by atoms with van der Waals surface area (Å²) in [6, 6.07) is 2.81. The Balaban J connectivity index is 1.41. The molecule has 0 spiro atoms. The summed E-state index contributed by atoms with van der Waals surface area (Å²) in [4.78, 5) is 19.9. The second-order valence-electron chi connectivity index (χ2n) is 9.57. The number of hydrogen-bond donors (Lipinski definition) is 0. The zero-order valence-corrected chi connectivity index (χ0v) is 20.1. The maximum atomic E-state index is 15.0. The van der Waals surface area contributed by atoms with Gasteiger partial charge < -0.3 is 9.64 Å². The average Bonchev–Trinajstić information content (AvgIpc) is 3.58. The van der Waals surface area contributed by atoms with Crippen molar-refractivity contribution >= 4 is 17.1 Å². The van der Waals surface area contributed by atoms with Gasteiger partial charge in [-0.1, -0.05) is 0 Å². The number of morpholine rings is 1. The van der Waals surface area contributed by atoms with Gasteiger partial charge in [0, 0.05) is 30.1 Å². The standard InChI is InChI=1S/C25H23F4N7O/c1-13-8-30-22-21(18-6-3-16(7-19(18)26)25(27,28)29)33-24(34-23(22)32-13)35-10-14(2)37-20(12-35)15-9-31-36(11-15)17-4-5-17/h3,6-9,11,14,17,20H,4-5,10,12H2,1-2H3/t14-,20+/m0/s1. The predicted molar refractivity (Wildman–Crippen MR) is 126 cm³/mol. The highest BCUT2D eigenvalue weighted by Crippen LogP contribution is 2.37. The van der Waals surface area contributed by atoms with Crippen LogP contribution in [0.15, 0.2) is 36.8 Å². The van der Waals surface area contributed by atoms with Gasteiger partial charge in [-0.25, -0.2) is 19.3 Å². The van der Waals surface area contributed by atoms with E-state index in [0.717, 1.165) is 30.5 Å². The van der Waals surface area contributed by atoms with Crippen molar-refractivity contribution < 1.29 is 22.3 Å². The zero-order chi connectivity index (χ0) is 25.9. The van der Waals surface area contributed by atoms with Crippen molar-refractivity contribution in [3.8, 4) is 11.3 Å². The van der Waals surface area contributed by atoms with Gasteiger partial charge in [0.1, 0.15) is 23.1 Å². The molecule has 0 bridgehead atoms. The lowest BCUT2D eigenvalue weighted by molar-refractivity contribution is -0.137. The van der Waals surface area contributed by atoms with Crippen LogP contribution in [0.25, 0.3) is 22.4 Å². The summed E-state index contributed by atoms with van der Waals surface area (Å²) in [7, 11) is 0. The van der Waals surface area contributed by atoms with E-state index in [1.165, 1.54) is 6.20 Å². The average molecular weight is 513 g/mol. The fraction of sp³-hybridized carbons (Fsp3) is 0.400. The molecule has 1 saturated heterocycles. The Morgan fingerprint density at radius 2 is 1.86 bits per heavy atom. The molecule has 4 aromatic rings. The fourth-order valence-corrected chi connectivity index (χ4v) is 4.55. The summed E-state index contributed by atoms with van der Waals surface area (Å²) in [5, 5.41) is 4.46. The minimum absolute atomic E-state index is 0.0796. The maximum absolute atomic E-state index is 15.0. The zero-order valence-electron chi connectivity index (χ0n) is 20.1. The van der Waals surface area contributed by atoms with Gasteiger partial charge >= 0.3 is 6.18 Å². The highest BCUT2D eigenvalue weighted by molar-refractivity contribution is 5.88. The normalized spacial score (nSPS) is 20.5. The highest BCUT2D eigenvalue weighted by Gasteiger charge is 2.33. The number of benzene rings is 1. The Kier molecular flexibility index (Phi) is 5.59. The van der Waals surface area contributed by atoms with E-state index >= 15 is 4.39 Å². The number of rotatable bonds is 4. The summed E-state index contributed by atoms with van der Waals surface area (Å²) >= 11 is 0. The summed E-state index contributed by atoms with van der Waals surface area (Å²) in [5.74, 6) is -0.778. The van der Waals surface area contributed by atoms with Gasteiger partial charge in [0.05, 0.1) is 36.1 Å². The minimum Gasteiger partial charge on any atom is -0.367 e. The lowest BCUT2D eigenvalue weighted by Crippen LogP contribution is -2.43. The Morgan fingerprint density at radius 3 is 2.59 bits per heavy atom. The molecular weight excluding hydrogens is 490 g/mol. The third-order valence-electron chi connectivity index (χ3n) is 6.53. The largest absolute Gasteiger partial charge is 0.416 e. The lowest BCUT2D eigenvalue weighted by Gasteiger charge is -2.36. The molecule has 12 heteroatoms. The molecule has 37 heavy (non-hydrogen) atoms. The van der Waals surface area contributed by atoms with E-state index in [2.05, 4.69) is 25.0 Å². The SMILES string of the molecule is Cc1cnc2c(-c3ccc(C(F)(F)F)cc3F)nc(N3C[C@H](C)O[C@@H](c4cnn(C5CC5)c4)C3)nc2n1. The number of alkyl halides is 3. The van der Waals surface area contributed by atoms with Gasteiger partial charge in [-0.15, -0.1) is 0 Å². The first-order valence-corrected chi connectivity index (χ1v) is 12.0. The van der Waals surface area contributed by atoms with Crippen LogP contribution < -0.4 is 4.90 Å². The Bertz CT molecular complexity index is 1480. The van der Waals surface area contributed by atoms with E-state index in [-0.39, 0.29) is 40.6 Å². The Labute approximate surface area is 209 Å². The van der Waals surface area contributed by atoms with Crippen LogP contribution >= 0.6 is 0 Å². The summed E-state index contributed by atoms with van der Waals surface area (Å²) in [6.07, 6.45) is 2.40. The number of aromatic nitrogens is 6. The van der Waals surface area contributed by atoms with Crippen LogP contribution in [-0.2, 0) is 10.9 Å². The molecule has 1 saturated carbocycles. The number of fused-ring (bicyclic) bond motifs is 1. The number of ether oxygens (including phenoxy) is 1. The van der Waals surface area contributed by atoms with Crippen LogP contribution in [-0.4, -0.2) is 48.9 Å². The third kappa shape index (κ3) is 4.61. The number of nitrogens with zero attached hydrogens (tertiary/aromatic N) is 7. The maximum Gasteiger partial charge on any atom is 0.416 e. The van der Waals surface area contributed by atoms with E-state index in [1.54, 1.807) is 13.1 Å². The molecular formula is C25H23F4N7O. The Morgan fingerprint density at radius 1 is 1.05 bits per heavy atom. The van der Waals surface area contributed by atoms with Crippen molar-refractivity contribution in [1.29, 1.82) is 0 Å². The molecule has 8 nitrogen and oxygen atoms in total. The molecule has 2 aliphatic rings. The molecule has 0 amide bonds. The summed E-state index contributed by atoms with van der Waals surface area (Å²) in [5.41, 5.74) is 0.865. The molecule has 3 aromatic heterocycles. The first-order chi connectivity index (χ1) is 17.7. The summed E-state index contributed by atoms with van der Waals surface area (Å²) in [6.45, 7) is 4.57. The van der Waals surface area contributed by atoms with Crippen LogP contribution in [0, 0.1) is 12.7 Å². The number of aryl methyl sites for hydroxylation is 1. The van der Waals surface area contributed by atoms with Gasteiger partial charge in [-0.05, 0) is 44.9 Å². The number of anilines is 1. The van der Waals surface area contributed by atoms with Crippen molar-refractivity contribution in [2.75, 3.05) is 18.0 Å². The molecule has 1 aliphatic heterocycles. The van der Waals surface area contributed by atoms with Gasteiger partial charge in [0.15, 0.2) is 5.65 Å². The molecule has 0 radical (unpaired) electrons. The molecule has 0 unspecified atom stereocenters. The highest BCUT2D eigenvalue weighted by atomic mass is 19.4. The first-order valence-electron chi connectivity index (χ1n) is 12.0. The second-order valence-corrected chi connectivity index (χ2v) is 9.57. The second kappa shape index (κ2) is 8.72. The molecule has 2 fully saturated rings. The predicted octanol–water partition coefficient (Wildman–Crippen LogP) is 5.05. The summed E-state index contributed by atoms with van der Waals surface area (Å²) < 4.78 is 62.5.